The molecule has 1 N–H and O–H groups in total. The summed E-state index contributed by atoms with van der Waals surface area (Å²) < 4.78 is 0. The van der Waals surface area contributed by atoms with Crippen LogP contribution in [0.2, 0.25) is 0 Å². The van der Waals surface area contributed by atoms with Gasteiger partial charge in [-0.15, -0.1) is 0 Å². The highest BCUT2D eigenvalue weighted by molar-refractivity contribution is 7.99. The Labute approximate surface area is 125 Å². The predicted molar refractivity (Wildman–Crippen MR) is 86.5 cm³/mol. The average molecular weight is 293 g/mol. The lowest BCUT2D eigenvalue weighted by atomic mass is 10.2. The molecule has 0 aliphatic carbocycles. The Balaban J connectivity index is 2.03. The van der Waals surface area contributed by atoms with Crippen molar-refractivity contribution in [3.05, 3.63) is 30.3 Å². The van der Waals surface area contributed by atoms with E-state index in [1.54, 1.807) is 0 Å². The van der Waals surface area contributed by atoms with Gasteiger partial charge in [0.15, 0.2) is 0 Å². The monoisotopic (exact) mass is 293 g/mol. The summed E-state index contributed by atoms with van der Waals surface area (Å²) in [6.07, 6.45) is 1.07. The summed E-state index contributed by atoms with van der Waals surface area (Å²) in [5.74, 6) is 2.15. The SMILES string of the molecule is CN(C)CC1CSCCCN1C(=O)Nc1ccccc1. The van der Waals surface area contributed by atoms with Crippen LogP contribution in [-0.2, 0) is 0 Å². The molecule has 2 rings (SSSR count). The molecule has 1 unspecified atom stereocenters. The summed E-state index contributed by atoms with van der Waals surface area (Å²) in [5.41, 5.74) is 0.859. The van der Waals surface area contributed by atoms with Crippen molar-refractivity contribution in [1.82, 2.24) is 9.80 Å². The van der Waals surface area contributed by atoms with Crippen LogP contribution in [0.3, 0.4) is 0 Å². The van der Waals surface area contributed by atoms with Crippen LogP contribution in [-0.4, -0.2) is 60.6 Å². The number of thioether (sulfide) groups is 1. The Kier molecular flexibility index (Phi) is 5.73. The Hall–Kier alpha value is -1.20. The van der Waals surface area contributed by atoms with Crippen LogP contribution in [0.4, 0.5) is 10.5 Å². The van der Waals surface area contributed by atoms with E-state index < -0.39 is 0 Å². The molecule has 0 saturated carbocycles. The molecular formula is C15H23N3OS. The molecule has 110 valence electrons. The van der Waals surface area contributed by atoms with Crippen molar-refractivity contribution in [3.8, 4) is 0 Å². The quantitative estimate of drug-likeness (QED) is 0.930. The number of amides is 2. The Morgan fingerprint density at radius 3 is 2.85 bits per heavy atom. The maximum atomic E-state index is 12.5. The van der Waals surface area contributed by atoms with Gasteiger partial charge in [-0.05, 0) is 38.4 Å². The molecule has 0 bridgehead atoms. The molecule has 0 spiro atoms. The third-order valence-electron chi connectivity index (χ3n) is 3.30. The van der Waals surface area contributed by atoms with E-state index >= 15 is 0 Å². The summed E-state index contributed by atoms with van der Waals surface area (Å²) in [4.78, 5) is 16.6. The summed E-state index contributed by atoms with van der Waals surface area (Å²) in [7, 11) is 4.12. The fraction of sp³-hybridized carbons (Fsp3) is 0.533. The second kappa shape index (κ2) is 7.55. The van der Waals surface area contributed by atoms with Crippen LogP contribution in [0, 0.1) is 0 Å². The first-order valence-electron chi connectivity index (χ1n) is 7.02. The number of likely N-dealkylation sites (N-methyl/N-ethyl adjacent to an activating group) is 1. The Bertz CT molecular complexity index is 424. The van der Waals surface area contributed by atoms with Gasteiger partial charge in [0.05, 0.1) is 6.04 Å². The second-order valence-electron chi connectivity index (χ2n) is 5.33. The smallest absolute Gasteiger partial charge is 0.319 e. The molecule has 4 nitrogen and oxygen atoms in total. The van der Waals surface area contributed by atoms with Crippen LogP contribution in [0.25, 0.3) is 0 Å². The average Bonchev–Trinajstić information content (AvgIpc) is 2.64. The summed E-state index contributed by atoms with van der Waals surface area (Å²) >= 11 is 1.94. The molecule has 0 aromatic heterocycles. The van der Waals surface area contributed by atoms with Gasteiger partial charge in [0.1, 0.15) is 0 Å². The number of hydrogen-bond donors (Lipinski definition) is 1. The minimum atomic E-state index is 0.0190. The van der Waals surface area contributed by atoms with E-state index in [1.165, 1.54) is 0 Å². The first-order valence-corrected chi connectivity index (χ1v) is 8.17. The normalized spacial score (nSPS) is 19.8. The van der Waals surface area contributed by atoms with Gasteiger partial charge in [0, 0.05) is 24.5 Å². The molecule has 1 aliphatic rings. The highest BCUT2D eigenvalue weighted by Crippen LogP contribution is 2.18. The minimum Gasteiger partial charge on any atom is -0.319 e. The lowest BCUT2D eigenvalue weighted by Gasteiger charge is -2.31. The van der Waals surface area contributed by atoms with E-state index in [1.807, 2.05) is 47.0 Å². The number of anilines is 1. The third-order valence-corrected chi connectivity index (χ3v) is 4.50. The molecule has 5 heteroatoms. The number of rotatable bonds is 3. The number of para-hydroxylation sites is 1. The van der Waals surface area contributed by atoms with Crippen molar-refractivity contribution in [2.75, 3.05) is 44.0 Å². The summed E-state index contributed by atoms with van der Waals surface area (Å²) in [6.45, 7) is 1.75. The van der Waals surface area contributed by atoms with Crippen molar-refractivity contribution in [3.63, 3.8) is 0 Å². The second-order valence-corrected chi connectivity index (χ2v) is 6.48. The number of urea groups is 1. The van der Waals surface area contributed by atoms with Crippen molar-refractivity contribution in [2.45, 2.75) is 12.5 Å². The lowest BCUT2D eigenvalue weighted by molar-refractivity contribution is 0.180. The van der Waals surface area contributed by atoms with Gasteiger partial charge in [-0.1, -0.05) is 18.2 Å². The zero-order valence-electron chi connectivity index (χ0n) is 12.2. The highest BCUT2D eigenvalue weighted by Gasteiger charge is 2.26. The van der Waals surface area contributed by atoms with E-state index in [0.29, 0.717) is 0 Å². The van der Waals surface area contributed by atoms with E-state index in [4.69, 9.17) is 0 Å². The van der Waals surface area contributed by atoms with Gasteiger partial charge in [-0.2, -0.15) is 11.8 Å². The third kappa shape index (κ3) is 4.42. The maximum Gasteiger partial charge on any atom is 0.322 e. The van der Waals surface area contributed by atoms with Crippen molar-refractivity contribution >= 4 is 23.5 Å². The molecule has 0 radical (unpaired) electrons. The number of carbonyl (C=O) groups excluding carboxylic acids is 1. The van der Waals surface area contributed by atoms with Gasteiger partial charge in [0.25, 0.3) is 0 Å². The van der Waals surface area contributed by atoms with Crippen LogP contribution in [0.15, 0.2) is 30.3 Å². The zero-order chi connectivity index (χ0) is 14.4. The zero-order valence-corrected chi connectivity index (χ0v) is 13.0. The molecule has 1 heterocycles. The van der Waals surface area contributed by atoms with Crippen LogP contribution < -0.4 is 5.32 Å². The highest BCUT2D eigenvalue weighted by atomic mass is 32.2. The number of carbonyl (C=O) groups is 1. The standard InChI is InChI=1S/C15H23N3OS/c1-17(2)11-14-12-20-10-6-9-18(14)15(19)16-13-7-4-3-5-8-13/h3-5,7-8,14H,6,9-12H2,1-2H3,(H,16,19). The maximum absolute atomic E-state index is 12.5. The fourth-order valence-corrected chi connectivity index (χ4v) is 3.44. The van der Waals surface area contributed by atoms with Gasteiger partial charge in [-0.3, -0.25) is 0 Å². The number of benzene rings is 1. The van der Waals surface area contributed by atoms with Crippen LogP contribution in [0.5, 0.6) is 0 Å². The molecular weight excluding hydrogens is 270 g/mol. The Morgan fingerprint density at radius 1 is 1.40 bits per heavy atom. The van der Waals surface area contributed by atoms with Gasteiger partial charge in [0.2, 0.25) is 0 Å². The number of nitrogens with one attached hydrogen (secondary N) is 1. The minimum absolute atomic E-state index is 0.0190. The van der Waals surface area contributed by atoms with Crippen molar-refractivity contribution < 1.29 is 4.79 Å². The van der Waals surface area contributed by atoms with Gasteiger partial charge >= 0.3 is 6.03 Å². The molecule has 2 amide bonds. The fourth-order valence-electron chi connectivity index (χ4n) is 2.39. The molecule has 1 aromatic carbocycles. The van der Waals surface area contributed by atoms with Crippen molar-refractivity contribution in [2.24, 2.45) is 0 Å². The number of nitrogens with zero attached hydrogens (tertiary/aromatic N) is 2. The van der Waals surface area contributed by atoms with Crippen LogP contribution >= 0.6 is 11.8 Å². The van der Waals surface area contributed by atoms with Gasteiger partial charge < -0.3 is 15.1 Å². The van der Waals surface area contributed by atoms with E-state index in [9.17, 15) is 4.79 Å². The van der Waals surface area contributed by atoms with Crippen molar-refractivity contribution in [1.29, 1.82) is 0 Å². The Morgan fingerprint density at radius 2 is 2.15 bits per heavy atom. The molecule has 20 heavy (non-hydrogen) atoms. The van der Waals surface area contributed by atoms with E-state index in [0.717, 1.165) is 36.7 Å². The molecule has 1 aromatic rings. The summed E-state index contributed by atoms with van der Waals surface area (Å²) in [5, 5.41) is 3.00. The molecule has 1 fully saturated rings. The van der Waals surface area contributed by atoms with E-state index in [2.05, 4.69) is 24.3 Å². The summed E-state index contributed by atoms with van der Waals surface area (Å²) in [6, 6.07) is 9.96. The lowest BCUT2D eigenvalue weighted by Crippen LogP contribution is -2.48. The predicted octanol–water partition coefficient (Wildman–Crippen LogP) is 2.59. The first-order chi connectivity index (χ1) is 9.66. The molecule has 1 saturated heterocycles. The molecule has 1 aliphatic heterocycles. The van der Waals surface area contributed by atoms with E-state index in [-0.39, 0.29) is 12.1 Å². The molecule has 1 atom stereocenters. The number of hydrogen-bond acceptors (Lipinski definition) is 3. The van der Waals surface area contributed by atoms with Gasteiger partial charge in [-0.25, -0.2) is 4.79 Å². The topological polar surface area (TPSA) is 35.6 Å². The first kappa shape index (κ1) is 15.2. The largest absolute Gasteiger partial charge is 0.322 e. The van der Waals surface area contributed by atoms with Crippen LogP contribution in [0.1, 0.15) is 6.42 Å².